The fourth-order valence-corrected chi connectivity index (χ4v) is 2.69. The van der Waals surface area contributed by atoms with Gasteiger partial charge in [-0.05, 0) is 33.7 Å². The van der Waals surface area contributed by atoms with E-state index in [9.17, 15) is 9.90 Å². The number of carboxylic acid groups (broad SMARTS) is 1. The van der Waals surface area contributed by atoms with Crippen LogP contribution in [0.1, 0.15) is 61.0 Å². The van der Waals surface area contributed by atoms with Crippen molar-refractivity contribution in [2.24, 2.45) is 0 Å². The third-order valence-corrected chi connectivity index (χ3v) is 3.53. The highest BCUT2D eigenvalue weighted by Gasteiger charge is 2.22. The van der Waals surface area contributed by atoms with E-state index in [1.807, 2.05) is 38.1 Å². The molecule has 0 aliphatic rings. The molecule has 2 aromatic rings. The molecule has 0 bridgehead atoms. The number of rotatable bonds is 3. The van der Waals surface area contributed by atoms with Gasteiger partial charge >= 0.3 is 5.97 Å². The van der Waals surface area contributed by atoms with Crippen LogP contribution in [-0.2, 0) is 0 Å². The Morgan fingerprint density at radius 3 is 2.21 bits per heavy atom. The minimum Gasteiger partial charge on any atom is -0.478 e. The second-order valence-corrected chi connectivity index (χ2v) is 5.59. The van der Waals surface area contributed by atoms with Crippen LogP contribution in [-0.4, -0.2) is 11.1 Å². The van der Waals surface area contributed by atoms with E-state index in [1.54, 1.807) is 0 Å². The first kappa shape index (κ1) is 13.6. The van der Waals surface area contributed by atoms with E-state index in [1.165, 1.54) is 0 Å². The van der Waals surface area contributed by atoms with Crippen molar-refractivity contribution in [1.29, 1.82) is 0 Å². The Morgan fingerprint density at radius 1 is 1.05 bits per heavy atom. The molecule has 0 fully saturated rings. The predicted molar refractivity (Wildman–Crippen MR) is 79.1 cm³/mol. The summed E-state index contributed by atoms with van der Waals surface area (Å²) in [5, 5.41) is 11.8. The molecular formula is C17H20O2. The summed E-state index contributed by atoms with van der Waals surface area (Å²) in [6.07, 6.45) is 0. The number of carboxylic acids is 1. The van der Waals surface area contributed by atoms with Crippen molar-refractivity contribution in [2.45, 2.75) is 39.5 Å². The van der Waals surface area contributed by atoms with E-state index < -0.39 is 5.97 Å². The average Bonchev–Trinajstić information content (AvgIpc) is 2.35. The standard InChI is InChI=1S/C17H20O2/c1-10(2)14-9-12-7-5-6-8-13(12)15(11(3)4)16(14)17(18)19/h5-11H,1-4H3,(H,18,19). The van der Waals surface area contributed by atoms with Gasteiger partial charge in [0.1, 0.15) is 0 Å². The monoisotopic (exact) mass is 256 g/mol. The topological polar surface area (TPSA) is 37.3 Å². The minimum atomic E-state index is -0.821. The van der Waals surface area contributed by atoms with E-state index >= 15 is 0 Å². The van der Waals surface area contributed by atoms with Crippen molar-refractivity contribution in [3.05, 3.63) is 47.0 Å². The molecule has 2 nitrogen and oxygen atoms in total. The lowest BCUT2D eigenvalue weighted by molar-refractivity contribution is 0.0694. The van der Waals surface area contributed by atoms with Crippen LogP contribution in [0.2, 0.25) is 0 Å². The van der Waals surface area contributed by atoms with E-state index in [-0.39, 0.29) is 11.8 Å². The number of benzene rings is 2. The summed E-state index contributed by atoms with van der Waals surface area (Å²) in [6, 6.07) is 10.1. The van der Waals surface area contributed by atoms with Gasteiger partial charge in [0.2, 0.25) is 0 Å². The van der Waals surface area contributed by atoms with Crippen LogP contribution < -0.4 is 0 Å². The molecule has 0 aromatic heterocycles. The van der Waals surface area contributed by atoms with Gasteiger partial charge in [-0.15, -0.1) is 0 Å². The van der Waals surface area contributed by atoms with Crippen LogP contribution >= 0.6 is 0 Å². The molecule has 0 saturated heterocycles. The van der Waals surface area contributed by atoms with Gasteiger partial charge in [0.25, 0.3) is 0 Å². The van der Waals surface area contributed by atoms with Crippen LogP contribution in [0, 0.1) is 0 Å². The summed E-state index contributed by atoms with van der Waals surface area (Å²) < 4.78 is 0. The van der Waals surface area contributed by atoms with Gasteiger partial charge in [0.05, 0.1) is 5.56 Å². The second kappa shape index (κ2) is 5.04. The van der Waals surface area contributed by atoms with Gasteiger partial charge in [-0.3, -0.25) is 0 Å². The summed E-state index contributed by atoms with van der Waals surface area (Å²) >= 11 is 0. The summed E-state index contributed by atoms with van der Waals surface area (Å²) in [5.74, 6) is -0.430. The molecule has 0 aliphatic heterocycles. The molecule has 0 heterocycles. The molecule has 2 rings (SSSR count). The van der Waals surface area contributed by atoms with Gasteiger partial charge in [-0.2, -0.15) is 0 Å². The SMILES string of the molecule is CC(C)c1cc2ccccc2c(C(C)C)c1C(=O)O. The molecule has 0 radical (unpaired) electrons. The van der Waals surface area contributed by atoms with Gasteiger partial charge < -0.3 is 5.11 Å². The van der Waals surface area contributed by atoms with Crippen LogP contribution in [0.15, 0.2) is 30.3 Å². The first-order valence-electron chi connectivity index (χ1n) is 6.72. The van der Waals surface area contributed by atoms with Gasteiger partial charge in [-0.25, -0.2) is 4.79 Å². The first-order chi connectivity index (χ1) is 8.93. The van der Waals surface area contributed by atoms with Crippen LogP contribution in [0.25, 0.3) is 10.8 Å². The smallest absolute Gasteiger partial charge is 0.336 e. The van der Waals surface area contributed by atoms with Crippen molar-refractivity contribution in [3.63, 3.8) is 0 Å². The van der Waals surface area contributed by atoms with Crippen LogP contribution in [0.5, 0.6) is 0 Å². The summed E-state index contributed by atoms with van der Waals surface area (Å²) in [5.41, 5.74) is 2.37. The zero-order valence-corrected chi connectivity index (χ0v) is 11.9. The largest absolute Gasteiger partial charge is 0.478 e. The highest BCUT2D eigenvalue weighted by atomic mass is 16.4. The fraction of sp³-hybridized carbons (Fsp3) is 0.353. The molecule has 0 unspecified atom stereocenters. The second-order valence-electron chi connectivity index (χ2n) is 5.59. The molecule has 0 atom stereocenters. The predicted octanol–water partition coefficient (Wildman–Crippen LogP) is 4.78. The minimum absolute atomic E-state index is 0.190. The Labute approximate surface area is 114 Å². The van der Waals surface area contributed by atoms with Gasteiger partial charge in [0.15, 0.2) is 0 Å². The van der Waals surface area contributed by atoms with Crippen molar-refractivity contribution in [2.75, 3.05) is 0 Å². The Morgan fingerprint density at radius 2 is 1.68 bits per heavy atom. The molecule has 0 saturated carbocycles. The zero-order chi connectivity index (χ0) is 14.2. The Hall–Kier alpha value is -1.83. The molecule has 0 amide bonds. The van der Waals surface area contributed by atoms with E-state index in [4.69, 9.17) is 0 Å². The molecule has 2 aromatic carbocycles. The fourth-order valence-electron chi connectivity index (χ4n) is 2.69. The molecule has 19 heavy (non-hydrogen) atoms. The van der Waals surface area contributed by atoms with Gasteiger partial charge in [-0.1, -0.05) is 58.0 Å². The van der Waals surface area contributed by atoms with E-state index in [0.29, 0.717) is 5.56 Å². The summed E-state index contributed by atoms with van der Waals surface area (Å²) in [4.78, 5) is 11.7. The number of aromatic carboxylic acids is 1. The van der Waals surface area contributed by atoms with Crippen molar-refractivity contribution >= 4 is 16.7 Å². The van der Waals surface area contributed by atoms with Crippen LogP contribution in [0.3, 0.4) is 0 Å². The lowest BCUT2D eigenvalue weighted by Crippen LogP contribution is -2.10. The number of carbonyl (C=O) groups is 1. The normalized spacial score (nSPS) is 11.5. The van der Waals surface area contributed by atoms with Crippen molar-refractivity contribution < 1.29 is 9.90 Å². The zero-order valence-electron chi connectivity index (χ0n) is 11.9. The molecule has 0 spiro atoms. The molecule has 2 heteroatoms. The first-order valence-corrected chi connectivity index (χ1v) is 6.72. The maximum atomic E-state index is 11.7. The van der Waals surface area contributed by atoms with Crippen molar-refractivity contribution in [3.8, 4) is 0 Å². The lowest BCUT2D eigenvalue weighted by atomic mass is 9.84. The van der Waals surface area contributed by atoms with E-state index in [2.05, 4.69) is 19.9 Å². The molecule has 0 aliphatic carbocycles. The quantitative estimate of drug-likeness (QED) is 0.857. The number of hydrogen-bond acceptors (Lipinski definition) is 1. The van der Waals surface area contributed by atoms with Crippen LogP contribution in [0.4, 0.5) is 0 Å². The lowest BCUT2D eigenvalue weighted by Gasteiger charge is -2.19. The molecular weight excluding hydrogens is 236 g/mol. The third kappa shape index (κ3) is 2.35. The number of hydrogen-bond donors (Lipinski definition) is 1. The third-order valence-electron chi connectivity index (χ3n) is 3.53. The maximum Gasteiger partial charge on any atom is 0.336 e. The summed E-state index contributed by atoms with van der Waals surface area (Å²) in [6.45, 7) is 8.19. The highest BCUT2D eigenvalue weighted by Crippen LogP contribution is 2.34. The average molecular weight is 256 g/mol. The Bertz CT molecular complexity index is 624. The molecule has 1 N–H and O–H groups in total. The summed E-state index contributed by atoms with van der Waals surface area (Å²) in [7, 11) is 0. The highest BCUT2D eigenvalue weighted by molar-refractivity contribution is 6.00. The molecule has 100 valence electrons. The van der Waals surface area contributed by atoms with Gasteiger partial charge in [0, 0.05) is 0 Å². The Balaban J connectivity index is 2.96. The number of fused-ring (bicyclic) bond motifs is 1. The van der Waals surface area contributed by atoms with E-state index in [0.717, 1.165) is 21.9 Å². The Kier molecular flexibility index (Phi) is 3.61. The maximum absolute atomic E-state index is 11.7. The van der Waals surface area contributed by atoms with Crippen molar-refractivity contribution in [1.82, 2.24) is 0 Å².